The molecule has 4 atom stereocenters. The summed E-state index contributed by atoms with van der Waals surface area (Å²) in [6.45, 7) is 5.05. The maximum absolute atomic E-state index is 10.7. The van der Waals surface area contributed by atoms with E-state index < -0.39 is 24.5 Å². The molecular formula is C24H32N4O4. The summed E-state index contributed by atoms with van der Waals surface area (Å²) in [6, 6.07) is 19.3. The van der Waals surface area contributed by atoms with Crippen molar-refractivity contribution in [2.24, 2.45) is 5.11 Å². The zero-order valence-corrected chi connectivity index (χ0v) is 18.6. The Kier molecular flexibility index (Phi) is 8.64. The molecule has 0 spiro atoms. The van der Waals surface area contributed by atoms with E-state index in [-0.39, 0.29) is 18.6 Å². The van der Waals surface area contributed by atoms with Crippen LogP contribution < -0.4 is 0 Å². The molecule has 0 amide bonds. The predicted octanol–water partition coefficient (Wildman–Crippen LogP) is 3.63. The maximum Gasteiger partial charge on any atom is 0.163 e. The van der Waals surface area contributed by atoms with Crippen LogP contribution in [-0.2, 0) is 22.6 Å². The molecule has 2 aromatic carbocycles. The summed E-state index contributed by atoms with van der Waals surface area (Å²) in [5.41, 5.74) is 11.1. The number of aliphatic hydroxyl groups excluding tert-OH is 2. The minimum Gasteiger partial charge on any atom is -0.396 e. The van der Waals surface area contributed by atoms with Crippen molar-refractivity contribution in [1.82, 2.24) is 4.90 Å². The molecular weight excluding hydrogens is 408 g/mol. The van der Waals surface area contributed by atoms with E-state index in [0.29, 0.717) is 19.7 Å². The number of hydrogen-bond acceptors (Lipinski definition) is 6. The van der Waals surface area contributed by atoms with Gasteiger partial charge in [-0.2, -0.15) is 0 Å². The fraction of sp³-hybridized carbons (Fsp3) is 0.500. The molecule has 0 aliphatic carbocycles. The molecule has 1 aliphatic heterocycles. The Morgan fingerprint density at radius 1 is 1.09 bits per heavy atom. The molecule has 0 aromatic heterocycles. The van der Waals surface area contributed by atoms with Gasteiger partial charge in [0, 0.05) is 24.4 Å². The first-order valence-electron chi connectivity index (χ1n) is 10.9. The Balaban J connectivity index is 1.87. The van der Waals surface area contributed by atoms with Gasteiger partial charge in [-0.15, -0.1) is 0 Å². The number of nitrogens with zero attached hydrogens (tertiary/aromatic N) is 4. The Morgan fingerprint density at radius 2 is 1.66 bits per heavy atom. The first-order chi connectivity index (χ1) is 15.4. The Hall–Kier alpha value is -2.45. The lowest BCUT2D eigenvalue weighted by molar-refractivity contribution is -0.299. The number of aliphatic hydroxyl groups is 2. The molecule has 1 aliphatic rings. The van der Waals surface area contributed by atoms with Crippen LogP contribution in [0.25, 0.3) is 10.4 Å². The molecule has 8 heteroatoms. The summed E-state index contributed by atoms with van der Waals surface area (Å²) in [7, 11) is 0. The topological polar surface area (TPSA) is 111 Å². The third kappa shape index (κ3) is 6.77. The van der Waals surface area contributed by atoms with Gasteiger partial charge in [0.1, 0.15) is 0 Å². The number of hydrogen-bond donors (Lipinski definition) is 2. The molecule has 0 radical (unpaired) electrons. The van der Waals surface area contributed by atoms with Gasteiger partial charge in [0.25, 0.3) is 0 Å². The number of rotatable bonds is 10. The molecule has 1 fully saturated rings. The smallest absolute Gasteiger partial charge is 0.163 e. The van der Waals surface area contributed by atoms with Crippen molar-refractivity contribution in [3.63, 3.8) is 0 Å². The van der Waals surface area contributed by atoms with Crippen LogP contribution in [0.3, 0.4) is 0 Å². The van der Waals surface area contributed by atoms with Crippen molar-refractivity contribution in [2.75, 3.05) is 13.2 Å². The highest BCUT2D eigenvalue weighted by atomic mass is 16.7. The van der Waals surface area contributed by atoms with E-state index in [0.717, 1.165) is 11.1 Å². The van der Waals surface area contributed by atoms with Crippen molar-refractivity contribution in [3.8, 4) is 0 Å². The van der Waals surface area contributed by atoms with Crippen LogP contribution in [0.1, 0.15) is 31.4 Å². The summed E-state index contributed by atoms with van der Waals surface area (Å²) < 4.78 is 12.2. The second kappa shape index (κ2) is 11.4. The van der Waals surface area contributed by atoms with E-state index in [9.17, 15) is 10.2 Å². The summed E-state index contributed by atoms with van der Waals surface area (Å²) >= 11 is 0. The largest absolute Gasteiger partial charge is 0.396 e. The van der Waals surface area contributed by atoms with Crippen LogP contribution in [0.15, 0.2) is 65.8 Å². The molecule has 3 rings (SSSR count). The normalized spacial score (nSPS) is 22.2. The van der Waals surface area contributed by atoms with Gasteiger partial charge in [-0.3, -0.25) is 4.90 Å². The maximum atomic E-state index is 10.7. The van der Waals surface area contributed by atoms with E-state index in [1.165, 1.54) is 0 Å². The molecule has 0 saturated carbocycles. The molecule has 32 heavy (non-hydrogen) atoms. The molecule has 0 bridgehead atoms. The number of azide groups is 1. The number of benzene rings is 2. The highest BCUT2D eigenvalue weighted by Gasteiger charge is 2.41. The Morgan fingerprint density at radius 3 is 2.16 bits per heavy atom. The van der Waals surface area contributed by atoms with Gasteiger partial charge in [0.05, 0.1) is 37.5 Å². The van der Waals surface area contributed by atoms with Crippen LogP contribution in [0.5, 0.6) is 0 Å². The summed E-state index contributed by atoms with van der Waals surface area (Å²) in [6.07, 6.45) is -1.21. The summed E-state index contributed by atoms with van der Waals surface area (Å²) in [4.78, 5) is 5.03. The first kappa shape index (κ1) is 24.2. The van der Waals surface area contributed by atoms with E-state index >= 15 is 0 Å². The van der Waals surface area contributed by atoms with Crippen molar-refractivity contribution in [2.45, 2.75) is 63.4 Å². The molecule has 2 aromatic rings. The molecule has 1 heterocycles. The molecule has 8 nitrogen and oxygen atoms in total. The van der Waals surface area contributed by atoms with Gasteiger partial charge < -0.3 is 19.7 Å². The van der Waals surface area contributed by atoms with Crippen molar-refractivity contribution >= 4 is 0 Å². The van der Waals surface area contributed by atoms with Crippen molar-refractivity contribution in [3.05, 3.63) is 82.2 Å². The molecule has 2 N–H and O–H groups in total. The second-order valence-electron chi connectivity index (χ2n) is 8.57. The lowest BCUT2D eigenvalue weighted by atomic mass is 9.97. The average Bonchev–Trinajstić information content (AvgIpc) is 2.78. The van der Waals surface area contributed by atoms with Crippen LogP contribution in [0, 0.1) is 0 Å². The van der Waals surface area contributed by atoms with Crippen molar-refractivity contribution in [1.29, 1.82) is 0 Å². The van der Waals surface area contributed by atoms with Gasteiger partial charge in [-0.25, -0.2) is 0 Å². The van der Waals surface area contributed by atoms with Gasteiger partial charge in [-0.1, -0.05) is 65.8 Å². The predicted molar refractivity (Wildman–Crippen MR) is 121 cm³/mol. The highest BCUT2D eigenvalue weighted by molar-refractivity contribution is 5.17. The lowest BCUT2D eigenvalue weighted by Gasteiger charge is -2.46. The van der Waals surface area contributed by atoms with Crippen LogP contribution in [0.2, 0.25) is 0 Å². The fourth-order valence-corrected chi connectivity index (χ4v) is 4.04. The minimum absolute atomic E-state index is 0.150. The van der Waals surface area contributed by atoms with E-state index in [1.54, 1.807) is 0 Å². The first-order valence-corrected chi connectivity index (χ1v) is 10.9. The molecule has 172 valence electrons. The van der Waals surface area contributed by atoms with Crippen LogP contribution in [0.4, 0.5) is 0 Å². The van der Waals surface area contributed by atoms with E-state index in [4.69, 9.17) is 15.0 Å². The van der Waals surface area contributed by atoms with E-state index in [1.807, 2.05) is 50.2 Å². The number of ether oxygens (including phenoxy) is 2. The van der Waals surface area contributed by atoms with Crippen molar-refractivity contribution < 1.29 is 19.7 Å². The van der Waals surface area contributed by atoms with Crippen LogP contribution in [-0.4, -0.2) is 58.4 Å². The zero-order chi connectivity index (χ0) is 23.0. The Bertz CT molecular complexity index is 833. The Labute approximate surface area is 189 Å². The third-order valence-electron chi connectivity index (χ3n) is 5.70. The SMILES string of the molecule is CC1(C)OC[C@H](N(Cc2ccccc2)Cc2ccccc2)[C@@H](C[C@H](O)[C@@H](CO)N=[N+]=[N-])O1. The van der Waals surface area contributed by atoms with Gasteiger partial charge >= 0.3 is 0 Å². The van der Waals surface area contributed by atoms with Crippen LogP contribution >= 0.6 is 0 Å². The second-order valence-corrected chi connectivity index (χ2v) is 8.57. The summed E-state index contributed by atoms with van der Waals surface area (Å²) in [5.74, 6) is -0.806. The zero-order valence-electron chi connectivity index (χ0n) is 18.6. The van der Waals surface area contributed by atoms with Gasteiger partial charge in [0.15, 0.2) is 5.79 Å². The average molecular weight is 441 g/mol. The highest BCUT2D eigenvalue weighted by Crippen LogP contribution is 2.30. The molecule has 0 unspecified atom stereocenters. The summed E-state index contributed by atoms with van der Waals surface area (Å²) in [5, 5.41) is 23.7. The van der Waals surface area contributed by atoms with E-state index in [2.05, 4.69) is 39.2 Å². The minimum atomic E-state index is -1.03. The quantitative estimate of drug-likeness (QED) is 0.333. The van der Waals surface area contributed by atoms with Gasteiger partial charge in [-0.05, 0) is 30.5 Å². The lowest BCUT2D eigenvalue weighted by Crippen LogP contribution is -2.57. The molecule has 1 saturated heterocycles. The monoisotopic (exact) mass is 440 g/mol. The standard InChI is InChI=1S/C24H32N4O4/c1-24(2)31-17-21(23(32-24)13-22(30)20(16-29)26-27-25)28(14-18-9-5-3-6-10-18)15-19-11-7-4-8-12-19/h3-12,20-23,29-30H,13-17H2,1-2H3/t20-,21+,22+,23-/m1/s1. The fourth-order valence-electron chi connectivity index (χ4n) is 4.04. The van der Waals surface area contributed by atoms with Gasteiger partial charge in [0.2, 0.25) is 0 Å². The third-order valence-corrected chi connectivity index (χ3v) is 5.70.